The number of hydrogen-bond donors (Lipinski definition) is 3. The van der Waals surface area contributed by atoms with E-state index in [-0.39, 0.29) is 6.04 Å². The molecule has 0 aromatic rings. The maximum atomic E-state index is 12.6. The Kier molecular flexibility index (Phi) is 7.62. The van der Waals surface area contributed by atoms with Crippen LogP contribution in [0.25, 0.3) is 0 Å². The van der Waals surface area contributed by atoms with Crippen LogP contribution < -0.4 is 16.0 Å². The van der Waals surface area contributed by atoms with Crippen LogP contribution in [0.4, 0.5) is 9.59 Å². The highest BCUT2D eigenvalue weighted by atomic mass is 16.2. The minimum absolute atomic E-state index is 0.0784. The Bertz CT molecular complexity index is 574. The summed E-state index contributed by atoms with van der Waals surface area (Å²) in [6, 6.07) is -1.07. The third-order valence-electron chi connectivity index (χ3n) is 5.37. The predicted octanol–water partition coefficient (Wildman–Crippen LogP) is 2.43. The van der Waals surface area contributed by atoms with Gasteiger partial charge in [-0.3, -0.25) is 19.8 Å². The zero-order chi connectivity index (χ0) is 19.9. The van der Waals surface area contributed by atoms with Crippen LogP contribution in [0.1, 0.15) is 78.1 Å². The molecule has 2 rings (SSSR count). The number of urea groups is 2. The Morgan fingerprint density at radius 2 is 1.85 bits per heavy atom. The smallest absolute Gasteiger partial charge is 0.325 e. The first-order valence-electron chi connectivity index (χ1n) is 10.1. The molecule has 1 aliphatic heterocycles. The number of nitrogens with zero attached hydrogens (tertiary/aromatic N) is 1. The van der Waals surface area contributed by atoms with Gasteiger partial charge in [0, 0.05) is 6.04 Å². The SMILES string of the molecule is CCCCCCC1(C)NC(=O)N(CC(=O)NC(=O)NC2CCCCC2)C1=O. The van der Waals surface area contributed by atoms with Crippen LogP contribution in [0.3, 0.4) is 0 Å². The fraction of sp³-hybridized carbons (Fsp3) is 0.789. The summed E-state index contributed by atoms with van der Waals surface area (Å²) in [5.41, 5.74) is -0.977. The van der Waals surface area contributed by atoms with Crippen molar-refractivity contribution in [1.82, 2.24) is 20.9 Å². The van der Waals surface area contributed by atoms with E-state index in [0.29, 0.717) is 6.42 Å². The highest BCUT2D eigenvalue weighted by Crippen LogP contribution is 2.24. The van der Waals surface area contributed by atoms with E-state index in [1.807, 2.05) is 0 Å². The van der Waals surface area contributed by atoms with Gasteiger partial charge in [-0.05, 0) is 26.2 Å². The standard InChI is InChI=1S/C19H32N4O4/c1-3-4-5-9-12-19(2)16(25)23(18(27)22-19)13-15(24)21-17(26)20-14-10-7-6-8-11-14/h14H,3-13H2,1-2H3,(H,22,27)(H2,20,21,24,26). The van der Waals surface area contributed by atoms with Gasteiger partial charge in [0.05, 0.1) is 0 Å². The zero-order valence-corrected chi connectivity index (χ0v) is 16.4. The molecular formula is C19H32N4O4. The highest BCUT2D eigenvalue weighted by molar-refractivity contribution is 6.09. The second-order valence-corrected chi connectivity index (χ2v) is 7.82. The quantitative estimate of drug-likeness (QED) is 0.444. The van der Waals surface area contributed by atoms with Crippen LogP contribution in [0.15, 0.2) is 0 Å². The molecule has 2 fully saturated rings. The lowest BCUT2D eigenvalue weighted by atomic mass is 9.94. The summed E-state index contributed by atoms with van der Waals surface area (Å²) in [6.45, 7) is 3.34. The van der Waals surface area contributed by atoms with E-state index in [2.05, 4.69) is 22.9 Å². The summed E-state index contributed by atoms with van der Waals surface area (Å²) in [5.74, 6) is -1.08. The third-order valence-corrected chi connectivity index (χ3v) is 5.37. The molecule has 0 aromatic carbocycles. The van der Waals surface area contributed by atoms with Crippen molar-refractivity contribution < 1.29 is 19.2 Å². The van der Waals surface area contributed by atoms with Gasteiger partial charge in [-0.1, -0.05) is 51.9 Å². The Labute approximate surface area is 160 Å². The number of hydrogen-bond acceptors (Lipinski definition) is 4. The summed E-state index contributed by atoms with van der Waals surface area (Å²) in [7, 11) is 0. The van der Waals surface area contributed by atoms with Crippen molar-refractivity contribution in [3.8, 4) is 0 Å². The summed E-state index contributed by atoms with van der Waals surface area (Å²) in [6.07, 6.45) is 9.66. The van der Waals surface area contributed by atoms with Crippen molar-refractivity contribution in [2.45, 2.75) is 89.6 Å². The molecule has 1 heterocycles. The van der Waals surface area contributed by atoms with E-state index < -0.39 is 36.0 Å². The zero-order valence-electron chi connectivity index (χ0n) is 16.4. The van der Waals surface area contributed by atoms with Crippen LogP contribution in [0, 0.1) is 0 Å². The molecule has 0 radical (unpaired) electrons. The molecule has 0 spiro atoms. The van der Waals surface area contributed by atoms with E-state index >= 15 is 0 Å². The van der Waals surface area contributed by atoms with E-state index in [1.54, 1.807) is 6.92 Å². The number of amides is 6. The first-order valence-corrected chi connectivity index (χ1v) is 10.1. The average molecular weight is 380 g/mol. The lowest BCUT2D eigenvalue weighted by molar-refractivity contribution is -0.134. The Balaban J connectivity index is 1.81. The van der Waals surface area contributed by atoms with Gasteiger partial charge in [-0.15, -0.1) is 0 Å². The van der Waals surface area contributed by atoms with E-state index in [1.165, 1.54) is 6.42 Å². The van der Waals surface area contributed by atoms with Crippen molar-refractivity contribution in [3.63, 3.8) is 0 Å². The molecule has 8 nitrogen and oxygen atoms in total. The first kappa shape index (κ1) is 21.2. The van der Waals surface area contributed by atoms with Gasteiger partial charge < -0.3 is 10.6 Å². The van der Waals surface area contributed by atoms with Crippen LogP contribution in [0.5, 0.6) is 0 Å². The summed E-state index contributed by atoms with van der Waals surface area (Å²) >= 11 is 0. The molecule has 1 saturated carbocycles. The van der Waals surface area contributed by atoms with E-state index in [4.69, 9.17) is 0 Å². The largest absolute Gasteiger partial charge is 0.335 e. The predicted molar refractivity (Wildman–Crippen MR) is 101 cm³/mol. The number of rotatable bonds is 8. The molecule has 1 aliphatic carbocycles. The molecule has 2 aliphatic rings. The number of carbonyl (C=O) groups excluding carboxylic acids is 4. The van der Waals surface area contributed by atoms with Crippen LogP contribution >= 0.6 is 0 Å². The normalized spacial score (nSPS) is 23.3. The van der Waals surface area contributed by atoms with Crippen molar-refractivity contribution in [2.24, 2.45) is 0 Å². The molecule has 0 bridgehead atoms. The third kappa shape index (κ3) is 5.94. The molecule has 3 N–H and O–H groups in total. The Hall–Kier alpha value is -2.12. The number of imide groups is 2. The second-order valence-electron chi connectivity index (χ2n) is 7.82. The fourth-order valence-electron chi connectivity index (χ4n) is 3.74. The number of carbonyl (C=O) groups is 4. The van der Waals surface area contributed by atoms with Gasteiger partial charge in [0.2, 0.25) is 5.91 Å². The van der Waals surface area contributed by atoms with Gasteiger partial charge in [-0.2, -0.15) is 0 Å². The summed E-state index contributed by atoms with van der Waals surface area (Å²) in [4.78, 5) is 49.7. The molecular weight excluding hydrogens is 348 g/mol. The minimum atomic E-state index is -0.977. The maximum Gasteiger partial charge on any atom is 0.325 e. The van der Waals surface area contributed by atoms with E-state index in [9.17, 15) is 19.2 Å². The number of unbranched alkanes of at least 4 members (excludes halogenated alkanes) is 3. The molecule has 1 saturated heterocycles. The average Bonchev–Trinajstić information content (AvgIpc) is 2.83. The highest BCUT2D eigenvalue weighted by Gasteiger charge is 2.47. The van der Waals surface area contributed by atoms with Gasteiger partial charge >= 0.3 is 12.1 Å². The van der Waals surface area contributed by atoms with E-state index in [0.717, 1.165) is 56.3 Å². The number of nitrogens with one attached hydrogen (secondary N) is 3. The topological polar surface area (TPSA) is 108 Å². The molecule has 8 heteroatoms. The summed E-state index contributed by atoms with van der Waals surface area (Å²) < 4.78 is 0. The Morgan fingerprint density at radius 1 is 1.15 bits per heavy atom. The van der Waals surface area contributed by atoms with Crippen LogP contribution in [-0.2, 0) is 9.59 Å². The molecule has 27 heavy (non-hydrogen) atoms. The van der Waals surface area contributed by atoms with Crippen molar-refractivity contribution in [2.75, 3.05) is 6.54 Å². The first-order chi connectivity index (χ1) is 12.9. The lowest BCUT2D eigenvalue weighted by Gasteiger charge is -2.23. The Morgan fingerprint density at radius 3 is 2.52 bits per heavy atom. The molecule has 6 amide bonds. The van der Waals surface area contributed by atoms with Gasteiger partial charge in [0.1, 0.15) is 12.1 Å². The van der Waals surface area contributed by atoms with Gasteiger partial charge in [-0.25, -0.2) is 9.59 Å². The van der Waals surface area contributed by atoms with Crippen molar-refractivity contribution >= 4 is 23.9 Å². The molecule has 1 atom stereocenters. The van der Waals surface area contributed by atoms with Crippen molar-refractivity contribution in [3.05, 3.63) is 0 Å². The fourth-order valence-corrected chi connectivity index (χ4v) is 3.74. The molecule has 0 aromatic heterocycles. The van der Waals surface area contributed by atoms with Crippen LogP contribution in [-0.4, -0.2) is 46.9 Å². The van der Waals surface area contributed by atoms with Crippen molar-refractivity contribution in [1.29, 1.82) is 0 Å². The molecule has 1 unspecified atom stereocenters. The second kappa shape index (κ2) is 9.71. The monoisotopic (exact) mass is 380 g/mol. The van der Waals surface area contributed by atoms with Gasteiger partial charge in [0.25, 0.3) is 5.91 Å². The maximum absolute atomic E-state index is 12.6. The minimum Gasteiger partial charge on any atom is -0.335 e. The van der Waals surface area contributed by atoms with Gasteiger partial charge in [0.15, 0.2) is 0 Å². The lowest BCUT2D eigenvalue weighted by Crippen LogP contribution is -2.49. The van der Waals surface area contributed by atoms with Crippen LogP contribution in [0.2, 0.25) is 0 Å². The molecule has 152 valence electrons. The summed E-state index contributed by atoms with van der Waals surface area (Å²) in [5, 5.41) is 7.69.